The van der Waals surface area contributed by atoms with Crippen LogP contribution in [0.3, 0.4) is 0 Å². The number of hydrogen-bond donors (Lipinski definition) is 4. The summed E-state index contributed by atoms with van der Waals surface area (Å²) in [6.45, 7) is 0.0859. The highest BCUT2D eigenvalue weighted by atomic mass is 16.5. The molecule has 2 aliphatic rings. The molecule has 14 nitrogen and oxygen atoms in total. The molecule has 0 saturated heterocycles. The molecule has 2 aromatic heterocycles. The van der Waals surface area contributed by atoms with Crippen LogP contribution >= 0.6 is 0 Å². The Morgan fingerprint density at radius 2 is 1.03 bits per heavy atom. The van der Waals surface area contributed by atoms with Crippen molar-refractivity contribution in [2.24, 2.45) is 14.1 Å². The summed E-state index contributed by atoms with van der Waals surface area (Å²) in [5, 5.41) is 13.4. The average Bonchev–Trinajstić information content (AvgIpc) is 3.34. The Hall–Kier alpha value is -8.78. The molecule has 2 amide bonds. The monoisotopic (exact) mass is 890 g/mol. The number of nitrogens with zero attached hydrogens (tertiary/aromatic N) is 2. The van der Waals surface area contributed by atoms with Gasteiger partial charge < -0.3 is 39.9 Å². The Kier molecular flexibility index (Phi) is 10.9. The molecule has 2 aliphatic carbocycles. The minimum Gasteiger partial charge on any atom is -0.493 e. The van der Waals surface area contributed by atoms with Crippen molar-refractivity contribution in [2.45, 2.75) is 12.8 Å². The van der Waals surface area contributed by atoms with Crippen molar-refractivity contribution in [3.05, 3.63) is 182 Å². The SMILES string of the molecule is Cn1c(=O)cc2c3c(c(Nc4ccc(CCOC(=O)NCNC(=O)CCOc5ccc(Nc6ccc7c8c(cc(=O)n7C)-c7ccccc7C(=O)c68)cc5)cc4)ccc31)C(=O)c1ccccc1-2. The molecule has 0 spiro atoms. The number of carbonyl (C=O) groups excluding carboxylic acids is 4. The molecule has 332 valence electrons. The second kappa shape index (κ2) is 17.3. The molecular weight excluding hydrogens is 849 g/mol. The van der Waals surface area contributed by atoms with Gasteiger partial charge in [-0.15, -0.1) is 0 Å². The number of anilines is 4. The molecule has 8 aromatic rings. The lowest BCUT2D eigenvalue weighted by atomic mass is 9.83. The number of carbonyl (C=O) groups is 4. The van der Waals surface area contributed by atoms with E-state index in [4.69, 9.17) is 9.47 Å². The lowest BCUT2D eigenvalue weighted by molar-refractivity contribution is -0.121. The predicted molar refractivity (Wildman–Crippen MR) is 257 cm³/mol. The number of rotatable bonds is 13. The Morgan fingerprint density at radius 3 is 1.55 bits per heavy atom. The summed E-state index contributed by atoms with van der Waals surface area (Å²) in [6.07, 6.45) is -0.179. The number of ether oxygens (including phenoxy) is 2. The molecule has 0 unspecified atom stereocenters. The van der Waals surface area contributed by atoms with Gasteiger partial charge in [-0.1, -0.05) is 60.7 Å². The van der Waals surface area contributed by atoms with E-state index >= 15 is 0 Å². The standard InChI is InChI=1S/C53H42N6O8/c1-58-42-21-19-40(49-47(42)38(27-45(58)61)34-7-3-5-9-36(34)51(49)63)56-31-13-11-30(12-14-31)23-25-67-53(65)55-29-54-44(60)24-26-66-33-17-15-32(16-18-33)57-41-20-22-43-48-39(28-46(62)59(43)2)35-8-4-6-10-37(35)52(64)50(41)48/h3-22,27-28,56-57H,23-26,29H2,1-2H3,(H,54,60)(H,55,65). The number of pyridine rings is 2. The van der Waals surface area contributed by atoms with E-state index < -0.39 is 6.09 Å². The molecule has 67 heavy (non-hydrogen) atoms. The molecule has 0 bridgehead atoms. The minimum absolute atomic E-state index is 0.0466. The summed E-state index contributed by atoms with van der Waals surface area (Å²) in [7, 11) is 3.40. The molecule has 4 N–H and O–H groups in total. The summed E-state index contributed by atoms with van der Waals surface area (Å²) in [4.78, 5) is 78.1. The summed E-state index contributed by atoms with van der Waals surface area (Å²) in [5.41, 5.74) is 9.73. The first-order valence-corrected chi connectivity index (χ1v) is 21.7. The predicted octanol–water partition coefficient (Wildman–Crippen LogP) is 8.11. The average molecular weight is 891 g/mol. The van der Waals surface area contributed by atoms with Crippen LogP contribution in [0.4, 0.5) is 27.5 Å². The molecule has 10 rings (SSSR count). The zero-order valence-electron chi connectivity index (χ0n) is 36.4. The zero-order valence-corrected chi connectivity index (χ0v) is 36.4. The summed E-state index contributed by atoms with van der Waals surface area (Å²) < 4.78 is 14.2. The fourth-order valence-corrected chi connectivity index (χ4v) is 8.89. The number of nitrogens with one attached hydrogen (secondary N) is 4. The quantitative estimate of drug-likeness (QED) is 0.0827. The van der Waals surface area contributed by atoms with Gasteiger partial charge in [0.05, 0.1) is 59.8 Å². The van der Waals surface area contributed by atoms with Crippen LogP contribution in [0.2, 0.25) is 0 Å². The van der Waals surface area contributed by atoms with Gasteiger partial charge in [0.1, 0.15) is 5.75 Å². The van der Waals surface area contributed by atoms with Gasteiger partial charge in [-0.3, -0.25) is 24.0 Å². The molecule has 0 saturated carbocycles. The van der Waals surface area contributed by atoms with Crippen LogP contribution in [0.25, 0.3) is 44.1 Å². The van der Waals surface area contributed by atoms with Gasteiger partial charge in [-0.05, 0) is 88.5 Å². The molecule has 0 radical (unpaired) electrons. The summed E-state index contributed by atoms with van der Waals surface area (Å²) >= 11 is 0. The van der Waals surface area contributed by atoms with Crippen molar-refractivity contribution >= 4 is 68.1 Å². The van der Waals surface area contributed by atoms with Gasteiger partial charge in [0.15, 0.2) is 11.6 Å². The van der Waals surface area contributed by atoms with Crippen LogP contribution in [-0.2, 0) is 30.0 Å². The first kappa shape index (κ1) is 42.2. The largest absolute Gasteiger partial charge is 0.493 e. The maximum atomic E-state index is 13.8. The van der Waals surface area contributed by atoms with E-state index in [9.17, 15) is 28.8 Å². The van der Waals surface area contributed by atoms with Crippen molar-refractivity contribution < 1.29 is 28.7 Å². The molecular formula is C53H42N6O8. The van der Waals surface area contributed by atoms with E-state index in [-0.39, 0.29) is 54.9 Å². The van der Waals surface area contributed by atoms with Crippen molar-refractivity contribution in [1.82, 2.24) is 19.8 Å². The van der Waals surface area contributed by atoms with Gasteiger partial charge in [0.25, 0.3) is 11.1 Å². The summed E-state index contributed by atoms with van der Waals surface area (Å²) in [6, 6.07) is 39.8. The number of amides is 2. The van der Waals surface area contributed by atoms with Crippen LogP contribution in [0.1, 0.15) is 43.8 Å². The molecule has 14 heteroatoms. The van der Waals surface area contributed by atoms with Crippen LogP contribution in [0.5, 0.6) is 5.75 Å². The third-order valence-corrected chi connectivity index (χ3v) is 12.3. The van der Waals surface area contributed by atoms with E-state index in [1.165, 1.54) is 0 Å². The Morgan fingerprint density at radius 1 is 0.537 bits per heavy atom. The lowest BCUT2D eigenvalue weighted by Crippen LogP contribution is -2.38. The van der Waals surface area contributed by atoms with Gasteiger partial charge in [-0.25, -0.2) is 4.79 Å². The fourth-order valence-electron chi connectivity index (χ4n) is 8.89. The first-order chi connectivity index (χ1) is 32.5. The molecule has 6 aromatic carbocycles. The Labute approximate surface area is 382 Å². The van der Waals surface area contributed by atoms with Crippen molar-refractivity contribution in [3.8, 4) is 28.0 Å². The topological polar surface area (TPSA) is 179 Å². The molecule has 0 fully saturated rings. The number of alkyl carbamates (subject to hydrolysis) is 1. The van der Waals surface area contributed by atoms with Gasteiger partial charge >= 0.3 is 6.09 Å². The summed E-state index contributed by atoms with van der Waals surface area (Å²) in [5.74, 6) is -0.0246. The number of aromatic nitrogens is 2. The molecule has 0 aliphatic heterocycles. The number of benzene rings is 6. The molecule has 2 heterocycles. The van der Waals surface area contributed by atoms with Gasteiger partial charge in [-0.2, -0.15) is 0 Å². The highest BCUT2D eigenvalue weighted by Crippen LogP contribution is 2.43. The van der Waals surface area contributed by atoms with Gasteiger partial charge in [0, 0.05) is 65.9 Å². The second-order valence-corrected chi connectivity index (χ2v) is 16.3. The maximum absolute atomic E-state index is 13.8. The third-order valence-electron chi connectivity index (χ3n) is 12.3. The van der Waals surface area contributed by atoms with E-state index in [2.05, 4.69) is 21.3 Å². The van der Waals surface area contributed by atoms with Crippen LogP contribution in [0, 0.1) is 0 Å². The van der Waals surface area contributed by atoms with Crippen molar-refractivity contribution in [1.29, 1.82) is 0 Å². The van der Waals surface area contributed by atoms with E-state index in [1.807, 2.05) is 91.0 Å². The van der Waals surface area contributed by atoms with E-state index in [0.717, 1.165) is 44.3 Å². The second-order valence-electron chi connectivity index (χ2n) is 16.3. The maximum Gasteiger partial charge on any atom is 0.408 e. The number of fused-ring (bicyclic) bond motifs is 4. The lowest BCUT2D eigenvalue weighted by Gasteiger charge is -2.23. The third kappa shape index (κ3) is 7.84. The smallest absolute Gasteiger partial charge is 0.408 e. The van der Waals surface area contributed by atoms with E-state index in [1.54, 1.807) is 65.7 Å². The highest BCUT2D eigenvalue weighted by molar-refractivity contribution is 6.29. The number of ketones is 2. The fraction of sp³-hybridized carbons (Fsp3) is 0.132. The highest BCUT2D eigenvalue weighted by Gasteiger charge is 2.30. The first-order valence-electron chi connectivity index (χ1n) is 21.7. The Bertz CT molecular complexity index is 3260. The molecule has 0 atom stereocenters. The van der Waals surface area contributed by atoms with Gasteiger partial charge in [0.2, 0.25) is 5.91 Å². The normalized spacial score (nSPS) is 12.0. The Balaban J connectivity index is 0.669. The number of aryl methyl sites for hydroxylation is 2. The number of hydrogen-bond acceptors (Lipinski definition) is 10. The van der Waals surface area contributed by atoms with Crippen molar-refractivity contribution in [2.75, 3.05) is 30.5 Å². The minimum atomic E-state index is -0.676. The van der Waals surface area contributed by atoms with Crippen LogP contribution in [-0.4, -0.2) is 52.6 Å². The van der Waals surface area contributed by atoms with Crippen LogP contribution < -0.4 is 37.1 Å². The van der Waals surface area contributed by atoms with Crippen molar-refractivity contribution in [3.63, 3.8) is 0 Å². The van der Waals surface area contributed by atoms with E-state index in [0.29, 0.717) is 62.5 Å². The van der Waals surface area contributed by atoms with Crippen LogP contribution in [0.15, 0.2) is 143 Å². The zero-order chi connectivity index (χ0) is 46.3.